The maximum absolute atomic E-state index is 12.0. The van der Waals surface area contributed by atoms with Crippen molar-refractivity contribution in [3.05, 3.63) is 64.1 Å². The Labute approximate surface area is 133 Å². The molecular weight excluding hydrogens is 328 g/mol. The van der Waals surface area contributed by atoms with E-state index in [-0.39, 0.29) is 11.9 Å². The third-order valence-corrected chi connectivity index (χ3v) is 4.29. The molecule has 1 atom stereocenters. The summed E-state index contributed by atoms with van der Waals surface area (Å²) in [6, 6.07) is 16.3. The molecule has 1 amide bonds. The van der Waals surface area contributed by atoms with Gasteiger partial charge >= 0.3 is 0 Å². The van der Waals surface area contributed by atoms with Gasteiger partial charge < -0.3 is 10.6 Å². The summed E-state index contributed by atoms with van der Waals surface area (Å²) in [5.41, 5.74) is 3.19. The Hall–Kier alpha value is -1.65. The van der Waals surface area contributed by atoms with E-state index in [1.807, 2.05) is 48.6 Å². The lowest BCUT2D eigenvalue weighted by atomic mass is 10.1. The first-order valence-electron chi connectivity index (χ1n) is 7.00. The molecule has 0 fully saturated rings. The Morgan fingerprint density at radius 2 is 1.95 bits per heavy atom. The number of rotatable bonds is 5. The summed E-state index contributed by atoms with van der Waals surface area (Å²) >= 11 is 3.47. The van der Waals surface area contributed by atoms with Crippen molar-refractivity contribution in [2.45, 2.75) is 19.9 Å². The number of carbonyl (C=O) groups excluding carboxylic acids is 1. The Kier molecular flexibility index (Phi) is 5.53. The van der Waals surface area contributed by atoms with Gasteiger partial charge in [-0.15, -0.1) is 0 Å². The van der Waals surface area contributed by atoms with Crippen molar-refractivity contribution in [1.29, 1.82) is 0 Å². The standard InChI is InChI=1S/C17H19BrN2O/c1-12-8-9-15(10-16(12)18)20-17(21)11-19-13(2)14-6-4-3-5-7-14/h3-10,13,19H,11H2,1-2H3,(H,20,21)/p+1/t13-/m0/s1. The van der Waals surface area contributed by atoms with Gasteiger partial charge in [-0.3, -0.25) is 4.79 Å². The Morgan fingerprint density at radius 1 is 1.24 bits per heavy atom. The van der Waals surface area contributed by atoms with Gasteiger partial charge in [0.15, 0.2) is 6.54 Å². The van der Waals surface area contributed by atoms with Gasteiger partial charge in [0.2, 0.25) is 0 Å². The molecule has 2 rings (SSSR count). The number of amides is 1. The van der Waals surface area contributed by atoms with E-state index in [1.165, 1.54) is 5.56 Å². The van der Waals surface area contributed by atoms with Gasteiger partial charge in [-0.1, -0.05) is 52.3 Å². The minimum atomic E-state index is 0.00790. The summed E-state index contributed by atoms with van der Waals surface area (Å²) in [7, 11) is 0. The van der Waals surface area contributed by atoms with Gasteiger partial charge in [-0.25, -0.2) is 0 Å². The Bertz CT molecular complexity index is 613. The molecule has 2 aromatic rings. The van der Waals surface area contributed by atoms with Gasteiger partial charge in [0.05, 0.1) is 0 Å². The highest BCUT2D eigenvalue weighted by molar-refractivity contribution is 9.10. The highest BCUT2D eigenvalue weighted by atomic mass is 79.9. The van der Waals surface area contributed by atoms with Crippen LogP contribution in [0.5, 0.6) is 0 Å². The third kappa shape index (κ3) is 4.69. The molecule has 110 valence electrons. The van der Waals surface area contributed by atoms with E-state index in [1.54, 1.807) is 0 Å². The predicted molar refractivity (Wildman–Crippen MR) is 89.2 cm³/mol. The number of nitrogens with two attached hydrogens (primary N) is 1. The third-order valence-electron chi connectivity index (χ3n) is 3.44. The molecule has 0 aromatic heterocycles. The number of carbonyl (C=O) groups is 1. The fourth-order valence-corrected chi connectivity index (χ4v) is 2.44. The second-order valence-corrected chi connectivity index (χ2v) is 6.01. The van der Waals surface area contributed by atoms with Gasteiger partial charge in [-0.05, 0) is 31.5 Å². The average Bonchev–Trinajstić information content (AvgIpc) is 2.49. The van der Waals surface area contributed by atoms with Gasteiger partial charge in [0.25, 0.3) is 5.91 Å². The molecule has 0 aliphatic rings. The molecule has 0 heterocycles. The number of hydrogen-bond donors (Lipinski definition) is 2. The molecule has 2 aromatic carbocycles. The summed E-state index contributed by atoms with van der Waals surface area (Å²) in [6.45, 7) is 4.53. The van der Waals surface area contributed by atoms with E-state index in [0.29, 0.717) is 6.54 Å². The van der Waals surface area contributed by atoms with Gasteiger partial charge in [0.1, 0.15) is 6.04 Å². The van der Waals surface area contributed by atoms with Crippen LogP contribution in [0.2, 0.25) is 0 Å². The smallest absolute Gasteiger partial charge is 0.279 e. The van der Waals surface area contributed by atoms with Crippen LogP contribution < -0.4 is 10.6 Å². The minimum absolute atomic E-state index is 0.00790. The van der Waals surface area contributed by atoms with Crippen molar-refractivity contribution in [3.8, 4) is 0 Å². The van der Waals surface area contributed by atoms with E-state index in [0.717, 1.165) is 15.7 Å². The molecule has 0 radical (unpaired) electrons. The SMILES string of the molecule is Cc1ccc(NC(=O)C[NH2+][C@@H](C)c2ccccc2)cc1Br. The molecule has 4 heteroatoms. The molecule has 21 heavy (non-hydrogen) atoms. The summed E-state index contributed by atoms with van der Waals surface area (Å²) in [5.74, 6) is 0.00790. The summed E-state index contributed by atoms with van der Waals surface area (Å²) in [6.07, 6.45) is 0. The van der Waals surface area contributed by atoms with E-state index >= 15 is 0 Å². The van der Waals surface area contributed by atoms with Crippen LogP contribution in [-0.2, 0) is 4.79 Å². The van der Waals surface area contributed by atoms with Crippen LogP contribution in [0.4, 0.5) is 5.69 Å². The van der Waals surface area contributed by atoms with Crippen LogP contribution in [0.3, 0.4) is 0 Å². The van der Waals surface area contributed by atoms with Crippen LogP contribution in [0, 0.1) is 6.92 Å². The Morgan fingerprint density at radius 3 is 2.62 bits per heavy atom. The molecule has 0 saturated heterocycles. The van der Waals surface area contributed by atoms with Crippen molar-refractivity contribution in [3.63, 3.8) is 0 Å². The molecular formula is C17H20BrN2O+. The van der Waals surface area contributed by atoms with E-state index in [2.05, 4.69) is 40.3 Å². The first-order valence-corrected chi connectivity index (χ1v) is 7.80. The zero-order valence-electron chi connectivity index (χ0n) is 12.3. The van der Waals surface area contributed by atoms with Crippen molar-refractivity contribution < 1.29 is 10.1 Å². The van der Waals surface area contributed by atoms with Crippen LogP contribution in [0.15, 0.2) is 53.0 Å². The number of halogens is 1. The minimum Gasteiger partial charge on any atom is -0.333 e. The van der Waals surface area contributed by atoms with Crippen LogP contribution in [0.1, 0.15) is 24.1 Å². The number of hydrogen-bond acceptors (Lipinski definition) is 1. The topological polar surface area (TPSA) is 45.7 Å². The van der Waals surface area contributed by atoms with Crippen molar-refractivity contribution in [2.24, 2.45) is 0 Å². The van der Waals surface area contributed by atoms with Gasteiger partial charge in [-0.2, -0.15) is 0 Å². The molecule has 0 aliphatic heterocycles. The monoisotopic (exact) mass is 347 g/mol. The number of aryl methyl sites for hydroxylation is 1. The maximum atomic E-state index is 12.0. The zero-order chi connectivity index (χ0) is 15.2. The molecule has 0 saturated carbocycles. The number of quaternary nitrogens is 1. The molecule has 0 spiro atoms. The summed E-state index contributed by atoms with van der Waals surface area (Å²) < 4.78 is 1.00. The fraction of sp³-hybridized carbons (Fsp3) is 0.235. The van der Waals surface area contributed by atoms with E-state index in [9.17, 15) is 4.79 Å². The van der Waals surface area contributed by atoms with Crippen LogP contribution >= 0.6 is 15.9 Å². The molecule has 3 nitrogen and oxygen atoms in total. The highest BCUT2D eigenvalue weighted by Crippen LogP contribution is 2.20. The zero-order valence-corrected chi connectivity index (χ0v) is 13.9. The van der Waals surface area contributed by atoms with Crippen molar-refractivity contribution >= 4 is 27.5 Å². The molecule has 0 aliphatic carbocycles. The van der Waals surface area contributed by atoms with Gasteiger partial charge in [0, 0.05) is 15.7 Å². The lowest BCUT2D eigenvalue weighted by Crippen LogP contribution is -2.86. The molecule has 0 bridgehead atoms. The van der Waals surface area contributed by atoms with Crippen molar-refractivity contribution in [1.82, 2.24) is 0 Å². The lowest BCUT2D eigenvalue weighted by molar-refractivity contribution is -0.682. The summed E-state index contributed by atoms with van der Waals surface area (Å²) in [4.78, 5) is 12.0. The summed E-state index contributed by atoms with van der Waals surface area (Å²) in [5, 5.41) is 4.95. The molecule has 3 N–H and O–H groups in total. The lowest BCUT2D eigenvalue weighted by Gasteiger charge is -2.11. The second-order valence-electron chi connectivity index (χ2n) is 5.15. The predicted octanol–water partition coefficient (Wildman–Crippen LogP) is 3.02. The highest BCUT2D eigenvalue weighted by Gasteiger charge is 2.11. The first kappa shape index (κ1) is 15.7. The normalized spacial score (nSPS) is 12.0. The van der Waals surface area contributed by atoms with Crippen molar-refractivity contribution in [2.75, 3.05) is 11.9 Å². The second kappa shape index (κ2) is 7.38. The first-order chi connectivity index (χ1) is 10.1. The van der Waals surface area contributed by atoms with E-state index < -0.39 is 0 Å². The quantitative estimate of drug-likeness (QED) is 0.857. The Balaban J connectivity index is 1.86. The largest absolute Gasteiger partial charge is 0.333 e. The number of anilines is 1. The van der Waals surface area contributed by atoms with Crippen LogP contribution in [-0.4, -0.2) is 12.5 Å². The average molecular weight is 348 g/mol. The van der Waals surface area contributed by atoms with E-state index in [4.69, 9.17) is 0 Å². The maximum Gasteiger partial charge on any atom is 0.279 e. The number of nitrogens with one attached hydrogen (secondary N) is 1. The molecule has 0 unspecified atom stereocenters. The van der Waals surface area contributed by atoms with Crippen LogP contribution in [0.25, 0.3) is 0 Å². The fourth-order valence-electron chi connectivity index (χ4n) is 2.06. The number of benzene rings is 2.